The first kappa shape index (κ1) is 18.2. The minimum absolute atomic E-state index is 0.433. The largest absolute Gasteiger partial charge is 0.382 e. The Balaban J connectivity index is 2.32. The van der Waals surface area contributed by atoms with Crippen molar-refractivity contribution in [1.29, 1.82) is 0 Å². The molecule has 0 saturated heterocycles. The van der Waals surface area contributed by atoms with Gasteiger partial charge in [0.1, 0.15) is 0 Å². The van der Waals surface area contributed by atoms with Gasteiger partial charge in [-0.3, -0.25) is 9.59 Å². The standard InChI is InChI=1S/C17H26N2O3/c1-3-5-7-14-8-10-15(11-9-14)19-17(21)16(20)18-12-6-13-22-4-2/h8-11H,3-7,12-13H2,1-2H3,(H,18,20)(H,19,21). The Morgan fingerprint density at radius 2 is 1.77 bits per heavy atom. The molecule has 0 bridgehead atoms. The quantitative estimate of drug-likeness (QED) is 0.544. The molecule has 0 heterocycles. The number of carbonyl (C=O) groups is 2. The molecule has 0 aromatic heterocycles. The van der Waals surface area contributed by atoms with Crippen LogP contribution in [0, 0.1) is 0 Å². The molecule has 0 aliphatic carbocycles. The first-order valence-corrected chi connectivity index (χ1v) is 7.93. The summed E-state index contributed by atoms with van der Waals surface area (Å²) in [6.45, 7) is 5.74. The van der Waals surface area contributed by atoms with E-state index in [0.29, 0.717) is 31.9 Å². The van der Waals surface area contributed by atoms with Crippen LogP contribution in [0.5, 0.6) is 0 Å². The highest BCUT2D eigenvalue weighted by Gasteiger charge is 2.12. The lowest BCUT2D eigenvalue weighted by molar-refractivity contribution is -0.136. The lowest BCUT2D eigenvalue weighted by Crippen LogP contribution is -2.36. The van der Waals surface area contributed by atoms with E-state index in [9.17, 15) is 9.59 Å². The van der Waals surface area contributed by atoms with E-state index in [2.05, 4.69) is 17.6 Å². The van der Waals surface area contributed by atoms with Gasteiger partial charge in [-0.1, -0.05) is 25.5 Å². The number of ether oxygens (including phenoxy) is 1. The molecule has 1 rings (SSSR count). The summed E-state index contributed by atoms with van der Waals surface area (Å²) in [5.74, 6) is -1.26. The summed E-state index contributed by atoms with van der Waals surface area (Å²) in [7, 11) is 0. The highest BCUT2D eigenvalue weighted by molar-refractivity contribution is 6.39. The van der Waals surface area contributed by atoms with Gasteiger partial charge in [0.15, 0.2) is 0 Å². The molecule has 122 valence electrons. The molecule has 0 saturated carbocycles. The van der Waals surface area contributed by atoms with Gasteiger partial charge in [0.25, 0.3) is 0 Å². The van der Waals surface area contributed by atoms with Gasteiger partial charge in [-0.2, -0.15) is 0 Å². The number of hydrogen-bond donors (Lipinski definition) is 2. The molecule has 1 aromatic rings. The van der Waals surface area contributed by atoms with E-state index < -0.39 is 11.8 Å². The molecule has 2 amide bonds. The zero-order chi connectivity index (χ0) is 16.2. The molecule has 5 heteroatoms. The lowest BCUT2D eigenvalue weighted by Gasteiger charge is -2.07. The van der Waals surface area contributed by atoms with Crippen LogP contribution in [0.2, 0.25) is 0 Å². The highest BCUT2D eigenvalue weighted by atomic mass is 16.5. The van der Waals surface area contributed by atoms with Gasteiger partial charge in [0.05, 0.1) is 0 Å². The predicted molar refractivity (Wildman–Crippen MR) is 87.8 cm³/mol. The van der Waals surface area contributed by atoms with E-state index >= 15 is 0 Å². The van der Waals surface area contributed by atoms with Crippen molar-refractivity contribution in [2.24, 2.45) is 0 Å². The fraction of sp³-hybridized carbons (Fsp3) is 0.529. The SMILES string of the molecule is CCCCc1ccc(NC(=O)C(=O)NCCCOCC)cc1. The molecule has 0 aliphatic rings. The average molecular weight is 306 g/mol. The van der Waals surface area contributed by atoms with Gasteiger partial charge in [0.2, 0.25) is 0 Å². The third-order valence-electron chi connectivity index (χ3n) is 3.19. The molecule has 22 heavy (non-hydrogen) atoms. The van der Waals surface area contributed by atoms with Gasteiger partial charge in [-0.25, -0.2) is 0 Å². The van der Waals surface area contributed by atoms with Crippen molar-refractivity contribution in [3.8, 4) is 0 Å². The topological polar surface area (TPSA) is 67.4 Å². The Hall–Kier alpha value is -1.88. The van der Waals surface area contributed by atoms with Crippen LogP contribution < -0.4 is 10.6 Å². The van der Waals surface area contributed by atoms with Crippen molar-refractivity contribution in [2.75, 3.05) is 25.1 Å². The van der Waals surface area contributed by atoms with Gasteiger partial charge >= 0.3 is 11.8 Å². The minimum Gasteiger partial charge on any atom is -0.382 e. The Morgan fingerprint density at radius 3 is 2.41 bits per heavy atom. The molecule has 0 atom stereocenters. The second-order valence-electron chi connectivity index (χ2n) is 5.06. The summed E-state index contributed by atoms with van der Waals surface area (Å²) in [5, 5.41) is 5.16. The van der Waals surface area contributed by atoms with Crippen LogP contribution in [0.3, 0.4) is 0 Å². The smallest absolute Gasteiger partial charge is 0.313 e. The fourth-order valence-corrected chi connectivity index (χ4v) is 1.92. The molecule has 1 aromatic carbocycles. The number of nitrogens with one attached hydrogen (secondary N) is 2. The zero-order valence-corrected chi connectivity index (χ0v) is 13.5. The Morgan fingerprint density at radius 1 is 1.05 bits per heavy atom. The average Bonchev–Trinajstić information content (AvgIpc) is 2.53. The summed E-state index contributed by atoms with van der Waals surface area (Å²) >= 11 is 0. The molecule has 0 spiro atoms. The van der Waals surface area contributed by atoms with Crippen LogP contribution in [0.15, 0.2) is 24.3 Å². The van der Waals surface area contributed by atoms with Crippen molar-refractivity contribution < 1.29 is 14.3 Å². The summed E-state index contributed by atoms with van der Waals surface area (Å²) in [6, 6.07) is 7.60. The summed E-state index contributed by atoms with van der Waals surface area (Å²) < 4.78 is 5.16. The van der Waals surface area contributed by atoms with E-state index in [1.54, 1.807) is 0 Å². The minimum atomic E-state index is -0.641. The van der Waals surface area contributed by atoms with Crippen LogP contribution >= 0.6 is 0 Å². The molecular formula is C17H26N2O3. The van der Waals surface area contributed by atoms with E-state index in [1.165, 1.54) is 5.56 Å². The molecule has 0 fully saturated rings. The maximum atomic E-state index is 11.7. The number of benzene rings is 1. The maximum Gasteiger partial charge on any atom is 0.313 e. The van der Waals surface area contributed by atoms with E-state index in [4.69, 9.17) is 4.74 Å². The second kappa shape index (κ2) is 10.8. The molecule has 0 unspecified atom stereocenters. The van der Waals surface area contributed by atoms with E-state index in [-0.39, 0.29) is 0 Å². The Labute approximate surface area is 132 Å². The van der Waals surface area contributed by atoms with Gasteiger partial charge in [-0.15, -0.1) is 0 Å². The first-order valence-electron chi connectivity index (χ1n) is 7.93. The normalized spacial score (nSPS) is 10.3. The number of hydrogen-bond acceptors (Lipinski definition) is 3. The summed E-state index contributed by atoms with van der Waals surface area (Å²) in [4.78, 5) is 23.4. The molecular weight excluding hydrogens is 280 g/mol. The number of anilines is 1. The van der Waals surface area contributed by atoms with Gasteiger partial charge in [0, 0.05) is 25.4 Å². The third kappa shape index (κ3) is 7.22. The Bertz CT molecular complexity index is 457. The number of unbranched alkanes of at least 4 members (excludes halogenated alkanes) is 1. The van der Waals surface area contributed by atoms with E-state index in [1.807, 2.05) is 31.2 Å². The van der Waals surface area contributed by atoms with Gasteiger partial charge < -0.3 is 15.4 Å². The van der Waals surface area contributed by atoms with Gasteiger partial charge in [-0.05, 0) is 43.9 Å². The molecule has 0 radical (unpaired) electrons. The summed E-state index contributed by atoms with van der Waals surface area (Å²) in [6.07, 6.45) is 4.03. The summed E-state index contributed by atoms with van der Waals surface area (Å²) in [5.41, 5.74) is 1.87. The number of aryl methyl sites for hydroxylation is 1. The van der Waals surface area contributed by atoms with Crippen molar-refractivity contribution in [2.45, 2.75) is 39.5 Å². The van der Waals surface area contributed by atoms with Crippen molar-refractivity contribution >= 4 is 17.5 Å². The predicted octanol–water partition coefficient (Wildman–Crippen LogP) is 2.51. The maximum absolute atomic E-state index is 11.7. The monoisotopic (exact) mass is 306 g/mol. The van der Waals surface area contributed by atoms with Crippen LogP contribution in [0.1, 0.15) is 38.7 Å². The van der Waals surface area contributed by atoms with Crippen LogP contribution in [-0.2, 0) is 20.7 Å². The number of amides is 2. The van der Waals surface area contributed by atoms with Crippen LogP contribution in [-0.4, -0.2) is 31.6 Å². The number of carbonyl (C=O) groups excluding carboxylic acids is 2. The zero-order valence-electron chi connectivity index (χ0n) is 13.5. The fourth-order valence-electron chi connectivity index (χ4n) is 1.92. The highest BCUT2D eigenvalue weighted by Crippen LogP contribution is 2.11. The lowest BCUT2D eigenvalue weighted by atomic mass is 10.1. The first-order chi connectivity index (χ1) is 10.7. The number of rotatable bonds is 9. The Kier molecular flexibility index (Phi) is 8.91. The molecule has 0 aliphatic heterocycles. The van der Waals surface area contributed by atoms with E-state index in [0.717, 1.165) is 19.3 Å². The van der Waals surface area contributed by atoms with Crippen LogP contribution in [0.4, 0.5) is 5.69 Å². The van der Waals surface area contributed by atoms with Crippen molar-refractivity contribution in [1.82, 2.24) is 5.32 Å². The molecule has 5 nitrogen and oxygen atoms in total. The second-order valence-corrected chi connectivity index (χ2v) is 5.06. The molecule has 2 N–H and O–H groups in total. The van der Waals surface area contributed by atoms with Crippen molar-refractivity contribution in [3.63, 3.8) is 0 Å². The van der Waals surface area contributed by atoms with Crippen molar-refractivity contribution in [3.05, 3.63) is 29.8 Å². The third-order valence-corrected chi connectivity index (χ3v) is 3.19. The van der Waals surface area contributed by atoms with Crippen LogP contribution in [0.25, 0.3) is 0 Å².